The molecule has 2 aromatic rings. The lowest BCUT2D eigenvalue weighted by molar-refractivity contribution is -0.140. The van der Waals surface area contributed by atoms with Gasteiger partial charge in [-0.15, -0.1) is 0 Å². The van der Waals surface area contributed by atoms with Crippen LogP contribution in [0.1, 0.15) is 45.1 Å². The summed E-state index contributed by atoms with van der Waals surface area (Å²) in [4.78, 5) is 27.4. The zero-order valence-corrected chi connectivity index (χ0v) is 23.0. The molecule has 0 saturated carbocycles. The Hall–Kier alpha value is -2.36. The summed E-state index contributed by atoms with van der Waals surface area (Å²) in [6.45, 7) is 4.17. The second-order valence-electron chi connectivity index (χ2n) is 8.48. The average molecular weight is 561 g/mol. The van der Waals surface area contributed by atoms with E-state index in [1.807, 2.05) is 6.92 Å². The lowest BCUT2D eigenvalue weighted by atomic mass is 10.1. The van der Waals surface area contributed by atoms with Gasteiger partial charge >= 0.3 is 0 Å². The van der Waals surface area contributed by atoms with Crippen LogP contribution in [-0.2, 0) is 26.2 Å². The van der Waals surface area contributed by atoms with Gasteiger partial charge in [-0.05, 0) is 49.6 Å². The summed E-state index contributed by atoms with van der Waals surface area (Å²) in [6.07, 6.45) is 2.80. The first-order chi connectivity index (χ1) is 17.0. The van der Waals surface area contributed by atoms with E-state index in [0.717, 1.165) is 23.4 Å². The molecule has 0 aliphatic rings. The second kappa shape index (κ2) is 13.8. The van der Waals surface area contributed by atoms with E-state index in [-0.39, 0.29) is 43.4 Å². The molecule has 0 radical (unpaired) electrons. The van der Waals surface area contributed by atoms with Crippen LogP contribution >= 0.6 is 23.2 Å². The summed E-state index contributed by atoms with van der Waals surface area (Å²) < 4.78 is 39.8. The number of para-hydroxylation sites is 1. The van der Waals surface area contributed by atoms with Gasteiger partial charge in [0.15, 0.2) is 0 Å². The Morgan fingerprint density at radius 3 is 2.39 bits per heavy atom. The molecular weight excluding hydrogens is 528 g/mol. The summed E-state index contributed by atoms with van der Waals surface area (Å²) in [7, 11) is -3.78. The molecule has 0 aromatic heterocycles. The lowest BCUT2D eigenvalue weighted by Crippen LogP contribution is -2.48. The number of halogens is 3. The predicted molar refractivity (Wildman–Crippen MR) is 142 cm³/mol. The summed E-state index contributed by atoms with van der Waals surface area (Å²) in [5.41, 5.74) is 0.610. The minimum Gasteiger partial charge on any atom is -0.354 e. The first-order valence-electron chi connectivity index (χ1n) is 11.7. The Morgan fingerprint density at radius 2 is 1.78 bits per heavy atom. The molecule has 0 bridgehead atoms. The lowest BCUT2D eigenvalue weighted by Gasteiger charge is -2.29. The predicted octanol–water partition coefficient (Wildman–Crippen LogP) is 5.01. The number of carbonyl (C=O) groups is 2. The minimum absolute atomic E-state index is 0.0472. The second-order valence-corrected chi connectivity index (χ2v) is 11.2. The van der Waals surface area contributed by atoms with Gasteiger partial charge in [0.1, 0.15) is 11.9 Å². The topological polar surface area (TPSA) is 86.8 Å². The Bertz CT molecular complexity index is 1160. The van der Waals surface area contributed by atoms with E-state index >= 15 is 0 Å². The number of hydrogen-bond acceptors (Lipinski definition) is 4. The zero-order chi connectivity index (χ0) is 26.9. The SMILES string of the molecule is CCCCNC(=O)C(C)N(Cc1ccc(Cl)c(Cl)c1)C(=O)CCCN(c1ccccc1F)S(C)(=O)=O. The van der Waals surface area contributed by atoms with Gasteiger partial charge in [0.25, 0.3) is 0 Å². The fourth-order valence-electron chi connectivity index (χ4n) is 3.59. The maximum Gasteiger partial charge on any atom is 0.242 e. The van der Waals surface area contributed by atoms with Crippen LogP contribution in [0.3, 0.4) is 0 Å². The number of benzene rings is 2. The highest BCUT2D eigenvalue weighted by molar-refractivity contribution is 7.92. The Balaban J connectivity index is 2.18. The Kier molecular flexibility index (Phi) is 11.5. The van der Waals surface area contributed by atoms with Crippen LogP contribution in [-0.4, -0.2) is 50.5 Å². The van der Waals surface area contributed by atoms with Crippen molar-refractivity contribution in [1.82, 2.24) is 10.2 Å². The number of rotatable bonds is 13. The van der Waals surface area contributed by atoms with Crippen molar-refractivity contribution in [2.45, 2.75) is 52.1 Å². The van der Waals surface area contributed by atoms with Crippen LogP contribution in [0.4, 0.5) is 10.1 Å². The number of sulfonamides is 1. The first-order valence-corrected chi connectivity index (χ1v) is 14.3. The van der Waals surface area contributed by atoms with E-state index in [1.165, 1.54) is 23.1 Å². The minimum atomic E-state index is -3.78. The van der Waals surface area contributed by atoms with E-state index in [1.54, 1.807) is 31.2 Å². The van der Waals surface area contributed by atoms with E-state index in [9.17, 15) is 22.4 Å². The molecule has 11 heteroatoms. The summed E-state index contributed by atoms with van der Waals surface area (Å²) in [5, 5.41) is 3.54. The molecule has 198 valence electrons. The van der Waals surface area contributed by atoms with Crippen LogP contribution in [0, 0.1) is 5.82 Å². The van der Waals surface area contributed by atoms with Crippen molar-refractivity contribution in [3.05, 3.63) is 63.9 Å². The number of carbonyl (C=O) groups excluding carboxylic acids is 2. The summed E-state index contributed by atoms with van der Waals surface area (Å²) in [6, 6.07) is 9.76. The van der Waals surface area contributed by atoms with Crippen LogP contribution in [0.15, 0.2) is 42.5 Å². The first kappa shape index (κ1) is 29.9. The standard InChI is InChI=1S/C25H32Cl2FN3O4S/c1-4-5-14-29-25(33)18(2)30(17-19-12-13-20(26)21(27)16-19)24(32)11-8-15-31(36(3,34)35)23-10-7-6-9-22(23)28/h6-7,9-10,12-13,16,18H,4-5,8,11,14-15,17H2,1-3H3,(H,29,33). The van der Waals surface area contributed by atoms with Gasteiger partial charge in [-0.2, -0.15) is 0 Å². The average Bonchev–Trinajstić information content (AvgIpc) is 2.82. The molecule has 0 aliphatic heterocycles. The van der Waals surface area contributed by atoms with Gasteiger partial charge in [-0.25, -0.2) is 12.8 Å². The fourth-order valence-corrected chi connectivity index (χ4v) is 4.88. The highest BCUT2D eigenvalue weighted by Gasteiger charge is 2.27. The highest BCUT2D eigenvalue weighted by Crippen LogP contribution is 2.25. The van der Waals surface area contributed by atoms with Crippen molar-refractivity contribution in [2.75, 3.05) is 23.7 Å². The monoisotopic (exact) mass is 559 g/mol. The maximum atomic E-state index is 14.3. The highest BCUT2D eigenvalue weighted by atomic mass is 35.5. The third kappa shape index (κ3) is 8.64. The van der Waals surface area contributed by atoms with Crippen molar-refractivity contribution in [3.8, 4) is 0 Å². The summed E-state index contributed by atoms with van der Waals surface area (Å²) >= 11 is 12.1. The molecule has 0 saturated heterocycles. The molecule has 0 heterocycles. The number of anilines is 1. The zero-order valence-electron chi connectivity index (χ0n) is 20.6. The van der Waals surface area contributed by atoms with E-state index in [4.69, 9.17) is 23.2 Å². The van der Waals surface area contributed by atoms with Crippen LogP contribution in [0.5, 0.6) is 0 Å². The number of nitrogens with one attached hydrogen (secondary N) is 1. The van der Waals surface area contributed by atoms with E-state index in [2.05, 4.69) is 5.32 Å². The normalized spacial score (nSPS) is 12.2. The molecule has 0 aliphatic carbocycles. The number of nitrogens with zero attached hydrogens (tertiary/aromatic N) is 2. The molecule has 1 unspecified atom stereocenters. The molecule has 1 atom stereocenters. The smallest absolute Gasteiger partial charge is 0.242 e. The Labute approximate surface area is 222 Å². The molecule has 2 aromatic carbocycles. The van der Waals surface area contributed by atoms with Crippen LogP contribution in [0.25, 0.3) is 0 Å². The fraction of sp³-hybridized carbons (Fsp3) is 0.440. The number of unbranched alkanes of at least 4 members (excludes halogenated alkanes) is 1. The van der Waals surface area contributed by atoms with Crippen LogP contribution in [0.2, 0.25) is 10.0 Å². The van der Waals surface area contributed by atoms with Gasteiger partial charge in [-0.3, -0.25) is 13.9 Å². The number of hydrogen-bond donors (Lipinski definition) is 1. The van der Waals surface area contributed by atoms with Crippen molar-refractivity contribution in [2.24, 2.45) is 0 Å². The molecule has 2 amide bonds. The van der Waals surface area contributed by atoms with Crippen molar-refractivity contribution < 1.29 is 22.4 Å². The van der Waals surface area contributed by atoms with Crippen LogP contribution < -0.4 is 9.62 Å². The third-order valence-corrected chi connectivity index (χ3v) is 7.53. The largest absolute Gasteiger partial charge is 0.354 e. The van der Waals surface area contributed by atoms with E-state index < -0.39 is 21.9 Å². The molecule has 0 fully saturated rings. The Morgan fingerprint density at radius 1 is 1.08 bits per heavy atom. The van der Waals surface area contributed by atoms with E-state index in [0.29, 0.717) is 22.2 Å². The van der Waals surface area contributed by atoms with Gasteiger partial charge < -0.3 is 10.2 Å². The van der Waals surface area contributed by atoms with Crippen molar-refractivity contribution in [1.29, 1.82) is 0 Å². The van der Waals surface area contributed by atoms with Gasteiger partial charge in [0, 0.05) is 26.1 Å². The van der Waals surface area contributed by atoms with Gasteiger partial charge in [-0.1, -0.05) is 54.7 Å². The van der Waals surface area contributed by atoms with Gasteiger partial charge in [0.05, 0.1) is 22.0 Å². The van der Waals surface area contributed by atoms with Crippen molar-refractivity contribution in [3.63, 3.8) is 0 Å². The van der Waals surface area contributed by atoms with Crippen molar-refractivity contribution >= 4 is 50.7 Å². The molecule has 7 nitrogen and oxygen atoms in total. The molecule has 2 rings (SSSR count). The molecule has 36 heavy (non-hydrogen) atoms. The third-order valence-electron chi connectivity index (χ3n) is 5.61. The molecule has 0 spiro atoms. The van der Waals surface area contributed by atoms with Gasteiger partial charge in [0.2, 0.25) is 21.8 Å². The number of amides is 2. The molecular formula is C25H32Cl2FN3O4S. The quantitative estimate of drug-likeness (QED) is 0.349. The maximum absolute atomic E-state index is 14.3. The summed E-state index contributed by atoms with van der Waals surface area (Å²) in [5.74, 6) is -1.31. The molecule has 1 N–H and O–H groups in total.